The standard InChI is InChI=1S/C18H33N5O4S.HI/c1-6-19-17(20-13-16(26-5)18(2,3)4)22-8-10-23(11-9-22)28(24,25)14-15-7-12-27-21-15;/h7,12,16H,6,8-11,13-14H2,1-5H3,(H,19,20);1H. The number of rotatable bonds is 7. The first kappa shape index (κ1) is 26.1. The van der Waals surface area contributed by atoms with Gasteiger partial charge in [-0.25, -0.2) is 8.42 Å². The Morgan fingerprint density at radius 3 is 2.48 bits per heavy atom. The molecular weight excluding hydrogens is 509 g/mol. The van der Waals surface area contributed by atoms with E-state index in [0.717, 1.165) is 12.5 Å². The van der Waals surface area contributed by atoms with Crippen LogP contribution in [0.2, 0.25) is 0 Å². The number of piperazine rings is 1. The van der Waals surface area contributed by atoms with Crippen LogP contribution in [0, 0.1) is 5.41 Å². The lowest BCUT2D eigenvalue weighted by Gasteiger charge is -2.36. The lowest BCUT2D eigenvalue weighted by atomic mass is 9.89. The lowest BCUT2D eigenvalue weighted by molar-refractivity contribution is 0.0239. The molecule has 11 heteroatoms. The molecule has 1 fully saturated rings. The Morgan fingerprint density at radius 2 is 2.00 bits per heavy atom. The highest BCUT2D eigenvalue weighted by atomic mass is 127. The van der Waals surface area contributed by atoms with Gasteiger partial charge in [0.1, 0.15) is 12.0 Å². The van der Waals surface area contributed by atoms with Gasteiger partial charge in [0.15, 0.2) is 5.96 Å². The number of hydrogen-bond donors (Lipinski definition) is 1. The monoisotopic (exact) mass is 543 g/mol. The van der Waals surface area contributed by atoms with Gasteiger partial charge in [-0.2, -0.15) is 4.31 Å². The van der Waals surface area contributed by atoms with Crippen molar-refractivity contribution in [3.8, 4) is 0 Å². The van der Waals surface area contributed by atoms with Gasteiger partial charge in [0, 0.05) is 45.9 Å². The van der Waals surface area contributed by atoms with Crippen molar-refractivity contribution in [2.75, 3.05) is 46.4 Å². The second-order valence-corrected chi connectivity index (χ2v) is 9.89. The van der Waals surface area contributed by atoms with Crippen LogP contribution < -0.4 is 5.32 Å². The molecule has 29 heavy (non-hydrogen) atoms. The van der Waals surface area contributed by atoms with Crippen molar-refractivity contribution < 1.29 is 17.7 Å². The number of hydrogen-bond acceptors (Lipinski definition) is 6. The van der Waals surface area contributed by atoms with Crippen LogP contribution in [-0.2, 0) is 20.5 Å². The zero-order valence-electron chi connectivity index (χ0n) is 17.9. The van der Waals surface area contributed by atoms with Crippen LogP contribution >= 0.6 is 24.0 Å². The van der Waals surface area contributed by atoms with Crippen molar-refractivity contribution in [1.29, 1.82) is 0 Å². The van der Waals surface area contributed by atoms with E-state index in [4.69, 9.17) is 14.3 Å². The molecule has 168 valence electrons. The van der Waals surface area contributed by atoms with Gasteiger partial charge < -0.3 is 19.5 Å². The normalized spacial score (nSPS) is 17.7. The number of nitrogens with zero attached hydrogens (tertiary/aromatic N) is 4. The Labute approximate surface area is 191 Å². The van der Waals surface area contributed by atoms with Crippen molar-refractivity contribution in [2.24, 2.45) is 10.4 Å². The van der Waals surface area contributed by atoms with Crippen LogP contribution in [0.3, 0.4) is 0 Å². The third kappa shape index (κ3) is 7.68. The van der Waals surface area contributed by atoms with E-state index in [1.54, 1.807) is 13.2 Å². The molecule has 0 amide bonds. The molecule has 9 nitrogen and oxygen atoms in total. The van der Waals surface area contributed by atoms with Gasteiger partial charge in [-0.15, -0.1) is 24.0 Å². The van der Waals surface area contributed by atoms with Gasteiger partial charge in [-0.3, -0.25) is 4.99 Å². The topological polar surface area (TPSA) is 100 Å². The SMILES string of the molecule is CCNC(=NCC(OC)C(C)(C)C)N1CCN(S(=O)(=O)Cc2ccon2)CC1.I. The highest BCUT2D eigenvalue weighted by molar-refractivity contribution is 14.0. The van der Waals surface area contributed by atoms with Gasteiger partial charge in [0.05, 0.1) is 18.3 Å². The number of aliphatic imine (C=N–C) groups is 1. The minimum absolute atomic E-state index is 0. The first-order valence-electron chi connectivity index (χ1n) is 9.60. The lowest BCUT2D eigenvalue weighted by Crippen LogP contribution is -2.54. The minimum atomic E-state index is -3.41. The summed E-state index contributed by atoms with van der Waals surface area (Å²) in [6, 6.07) is 1.57. The van der Waals surface area contributed by atoms with Gasteiger partial charge in [0.2, 0.25) is 10.0 Å². The molecule has 2 rings (SSSR count). The van der Waals surface area contributed by atoms with Crippen molar-refractivity contribution in [2.45, 2.75) is 39.6 Å². The summed E-state index contributed by atoms with van der Waals surface area (Å²) in [7, 11) is -1.71. The highest BCUT2D eigenvalue weighted by Gasteiger charge is 2.29. The molecule has 0 aromatic carbocycles. The average molecular weight is 543 g/mol. The number of nitrogens with one attached hydrogen (secondary N) is 1. The summed E-state index contributed by atoms with van der Waals surface area (Å²) in [5, 5.41) is 7.00. The van der Waals surface area contributed by atoms with E-state index in [1.807, 2.05) is 6.92 Å². The summed E-state index contributed by atoms with van der Waals surface area (Å²) in [4.78, 5) is 6.84. The van der Waals surface area contributed by atoms with Crippen LogP contribution in [0.15, 0.2) is 21.8 Å². The van der Waals surface area contributed by atoms with E-state index in [9.17, 15) is 8.42 Å². The number of halogens is 1. The largest absolute Gasteiger partial charge is 0.379 e. The van der Waals surface area contributed by atoms with E-state index in [2.05, 4.69) is 36.1 Å². The Kier molecular flexibility index (Phi) is 10.3. The predicted molar refractivity (Wildman–Crippen MR) is 124 cm³/mol. The third-order valence-electron chi connectivity index (χ3n) is 4.75. The molecule has 1 unspecified atom stereocenters. The summed E-state index contributed by atoms with van der Waals surface area (Å²) < 4.78 is 37.0. The van der Waals surface area contributed by atoms with Crippen LogP contribution in [0.5, 0.6) is 0 Å². The minimum Gasteiger partial charge on any atom is -0.379 e. The number of sulfonamides is 1. The zero-order chi connectivity index (χ0) is 20.8. The second-order valence-electron chi connectivity index (χ2n) is 7.92. The van der Waals surface area contributed by atoms with E-state index in [1.165, 1.54) is 10.6 Å². The Bertz CT molecular complexity index is 726. The first-order valence-corrected chi connectivity index (χ1v) is 11.2. The van der Waals surface area contributed by atoms with Crippen LogP contribution in [-0.4, -0.2) is 81.2 Å². The molecular formula is C18H34IN5O4S. The molecule has 0 saturated carbocycles. The number of aromatic nitrogens is 1. The third-order valence-corrected chi connectivity index (χ3v) is 6.56. The molecule has 1 aliphatic heterocycles. The quantitative estimate of drug-likeness (QED) is 0.318. The van der Waals surface area contributed by atoms with E-state index >= 15 is 0 Å². The van der Waals surface area contributed by atoms with Gasteiger partial charge in [0.25, 0.3) is 0 Å². The first-order chi connectivity index (χ1) is 13.2. The van der Waals surface area contributed by atoms with E-state index in [0.29, 0.717) is 38.4 Å². The Hall–Kier alpha value is -0.920. The Morgan fingerprint density at radius 1 is 1.34 bits per heavy atom. The maximum atomic E-state index is 12.6. The van der Waals surface area contributed by atoms with Crippen LogP contribution in [0.25, 0.3) is 0 Å². The molecule has 1 atom stereocenters. The fourth-order valence-corrected chi connectivity index (χ4v) is 4.49. The van der Waals surface area contributed by atoms with Crippen molar-refractivity contribution in [3.05, 3.63) is 18.0 Å². The maximum Gasteiger partial charge on any atom is 0.220 e. The number of methoxy groups -OCH3 is 1. The highest BCUT2D eigenvalue weighted by Crippen LogP contribution is 2.22. The molecule has 1 aromatic rings. The Balaban J connectivity index is 0.00000420. The van der Waals surface area contributed by atoms with E-state index < -0.39 is 10.0 Å². The summed E-state index contributed by atoms with van der Waals surface area (Å²) in [5.41, 5.74) is 0.411. The molecule has 1 N–H and O–H groups in total. The number of guanidine groups is 1. The van der Waals surface area contributed by atoms with Crippen molar-refractivity contribution >= 4 is 40.0 Å². The predicted octanol–water partition coefficient (Wildman–Crippen LogP) is 1.77. The van der Waals surface area contributed by atoms with Crippen molar-refractivity contribution in [1.82, 2.24) is 19.7 Å². The molecule has 0 bridgehead atoms. The van der Waals surface area contributed by atoms with E-state index in [-0.39, 0.29) is 41.2 Å². The fraction of sp³-hybridized carbons (Fsp3) is 0.778. The number of ether oxygens (including phenoxy) is 1. The average Bonchev–Trinajstić information content (AvgIpc) is 3.12. The fourth-order valence-electron chi connectivity index (χ4n) is 3.07. The molecule has 1 aliphatic rings. The molecule has 0 spiro atoms. The molecule has 1 aromatic heterocycles. The second kappa shape index (κ2) is 11.5. The van der Waals surface area contributed by atoms with Crippen LogP contribution in [0.1, 0.15) is 33.4 Å². The molecule has 1 saturated heterocycles. The summed E-state index contributed by atoms with van der Waals surface area (Å²) in [5.74, 6) is 0.654. The summed E-state index contributed by atoms with van der Waals surface area (Å²) >= 11 is 0. The van der Waals surface area contributed by atoms with Gasteiger partial charge in [-0.1, -0.05) is 25.9 Å². The van der Waals surface area contributed by atoms with Crippen molar-refractivity contribution in [3.63, 3.8) is 0 Å². The zero-order valence-corrected chi connectivity index (χ0v) is 21.1. The molecule has 0 aliphatic carbocycles. The van der Waals surface area contributed by atoms with Crippen LogP contribution in [0.4, 0.5) is 0 Å². The maximum absolute atomic E-state index is 12.6. The van der Waals surface area contributed by atoms with Gasteiger partial charge in [-0.05, 0) is 12.3 Å². The smallest absolute Gasteiger partial charge is 0.220 e. The molecule has 2 heterocycles. The van der Waals surface area contributed by atoms with Gasteiger partial charge >= 0.3 is 0 Å². The summed E-state index contributed by atoms with van der Waals surface area (Å²) in [6.45, 7) is 11.7. The summed E-state index contributed by atoms with van der Waals surface area (Å²) in [6.07, 6.45) is 1.39. The molecule has 0 radical (unpaired) electrons.